The number of aryl methyl sites for hydroxylation is 4. The maximum atomic E-state index is 4.11. The van der Waals surface area contributed by atoms with E-state index in [1.165, 1.54) is 22.3 Å². The van der Waals surface area contributed by atoms with Crippen molar-refractivity contribution in [2.75, 3.05) is 6.54 Å². The molecule has 0 spiro atoms. The van der Waals surface area contributed by atoms with Crippen LogP contribution < -0.4 is 5.32 Å². The Morgan fingerprint density at radius 2 is 1.85 bits per heavy atom. The predicted molar refractivity (Wildman–Crippen MR) is 81.8 cm³/mol. The second kappa shape index (κ2) is 6.18. The lowest BCUT2D eigenvalue weighted by Gasteiger charge is -2.19. The van der Waals surface area contributed by atoms with Crippen LogP contribution in [-0.2, 0) is 13.5 Å². The Bertz CT molecular complexity index is 563. The first kappa shape index (κ1) is 14.7. The van der Waals surface area contributed by atoms with E-state index in [1.807, 2.05) is 11.6 Å². The molecule has 108 valence electrons. The molecule has 4 heteroatoms. The summed E-state index contributed by atoms with van der Waals surface area (Å²) in [4.78, 5) is 0. The lowest BCUT2D eigenvalue weighted by Crippen LogP contribution is -2.23. The summed E-state index contributed by atoms with van der Waals surface area (Å²) in [5.74, 6) is 1.02. The van der Waals surface area contributed by atoms with Crippen LogP contribution in [0, 0.1) is 20.8 Å². The van der Waals surface area contributed by atoms with E-state index < -0.39 is 0 Å². The van der Waals surface area contributed by atoms with Gasteiger partial charge in [-0.1, -0.05) is 17.7 Å². The van der Waals surface area contributed by atoms with Crippen LogP contribution in [0.3, 0.4) is 0 Å². The van der Waals surface area contributed by atoms with Gasteiger partial charge in [-0.15, -0.1) is 10.2 Å². The minimum Gasteiger partial charge on any atom is -0.321 e. The zero-order chi connectivity index (χ0) is 14.7. The van der Waals surface area contributed by atoms with Gasteiger partial charge in [0, 0.05) is 26.1 Å². The molecule has 0 amide bonds. The van der Waals surface area contributed by atoms with Crippen molar-refractivity contribution in [3.05, 3.63) is 46.5 Å². The molecule has 0 saturated heterocycles. The van der Waals surface area contributed by atoms with Crippen molar-refractivity contribution >= 4 is 0 Å². The van der Waals surface area contributed by atoms with Crippen molar-refractivity contribution in [1.82, 2.24) is 20.1 Å². The van der Waals surface area contributed by atoms with Crippen molar-refractivity contribution < 1.29 is 0 Å². The second-order valence-corrected chi connectivity index (χ2v) is 5.60. The smallest absolute Gasteiger partial charge is 0.133 e. The van der Waals surface area contributed by atoms with Crippen LogP contribution in [0.5, 0.6) is 0 Å². The van der Waals surface area contributed by atoms with Gasteiger partial charge in [0.1, 0.15) is 12.2 Å². The van der Waals surface area contributed by atoms with Gasteiger partial charge in [0.2, 0.25) is 0 Å². The van der Waals surface area contributed by atoms with Crippen molar-refractivity contribution in [3.63, 3.8) is 0 Å². The molecule has 1 aromatic carbocycles. The molecule has 1 unspecified atom stereocenters. The average molecular weight is 272 g/mol. The summed E-state index contributed by atoms with van der Waals surface area (Å²) in [6.07, 6.45) is 2.64. The molecule has 0 aliphatic rings. The molecule has 1 atom stereocenters. The van der Waals surface area contributed by atoms with Gasteiger partial charge in [0.15, 0.2) is 0 Å². The lowest BCUT2D eigenvalue weighted by molar-refractivity contribution is 0.560. The molecule has 0 fully saturated rings. The van der Waals surface area contributed by atoms with Gasteiger partial charge in [0.05, 0.1) is 0 Å². The summed E-state index contributed by atoms with van der Waals surface area (Å²) < 4.78 is 1.97. The summed E-state index contributed by atoms with van der Waals surface area (Å²) in [5, 5.41) is 11.6. The van der Waals surface area contributed by atoms with E-state index in [0.29, 0.717) is 6.04 Å². The van der Waals surface area contributed by atoms with E-state index in [-0.39, 0.29) is 0 Å². The maximum Gasteiger partial charge on any atom is 0.133 e. The lowest BCUT2D eigenvalue weighted by atomic mass is 9.95. The standard InChI is InChI=1S/C16H24N4/c1-11-8-12(2)16(13(3)9-11)14(4)17-7-6-15-19-18-10-20(15)5/h8-10,14,17H,6-7H2,1-5H3. The molecule has 0 aliphatic heterocycles. The van der Waals surface area contributed by atoms with Crippen molar-refractivity contribution in [2.24, 2.45) is 7.05 Å². The first-order valence-corrected chi connectivity index (χ1v) is 7.13. The van der Waals surface area contributed by atoms with E-state index in [2.05, 4.69) is 55.3 Å². The molecule has 1 aromatic heterocycles. The molecule has 0 bridgehead atoms. The average Bonchev–Trinajstić information content (AvgIpc) is 2.74. The molecule has 20 heavy (non-hydrogen) atoms. The van der Waals surface area contributed by atoms with E-state index >= 15 is 0 Å². The second-order valence-electron chi connectivity index (χ2n) is 5.60. The molecule has 0 saturated carbocycles. The van der Waals surface area contributed by atoms with E-state index in [9.17, 15) is 0 Å². The molecule has 4 nitrogen and oxygen atoms in total. The number of hydrogen-bond acceptors (Lipinski definition) is 3. The fourth-order valence-corrected chi connectivity index (χ4v) is 2.91. The van der Waals surface area contributed by atoms with Crippen LogP contribution in [0.2, 0.25) is 0 Å². The third kappa shape index (κ3) is 3.25. The Morgan fingerprint density at radius 3 is 2.40 bits per heavy atom. The maximum absolute atomic E-state index is 4.11. The fourth-order valence-electron chi connectivity index (χ4n) is 2.91. The summed E-state index contributed by atoms with van der Waals surface area (Å²) in [6, 6.07) is 4.86. The van der Waals surface area contributed by atoms with Crippen molar-refractivity contribution in [2.45, 2.75) is 40.2 Å². The van der Waals surface area contributed by atoms with Crippen molar-refractivity contribution in [1.29, 1.82) is 0 Å². The normalized spacial score (nSPS) is 12.7. The Morgan fingerprint density at radius 1 is 1.20 bits per heavy atom. The first-order chi connectivity index (χ1) is 9.49. The zero-order valence-corrected chi connectivity index (χ0v) is 13.1. The summed E-state index contributed by atoms with van der Waals surface area (Å²) in [6.45, 7) is 9.66. The number of nitrogens with one attached hydrogen (secondary N) is 1. The number of nitrogens with zero attached hydrogens (tertiary/aromatic N) is 3. The highest BCUT2D eigenvalue weighted by atomic mass is 15.2. The predicted octanol–water partition coefficient (Wildman–Crippen LogP) is 2.63. The monoisotopic (exact) mass is 272 g/mol. The van der Waals surface area contributed by atoms with E-state index in [4.69, 9.17) is 0 Å². The number of hydrogen-bond donors (Lipinski definition) is 1. The van der Waals surface area contributed by atoms with Gasteiger partial charge in [-0.05, 0) is 44.4 Å². The molecule has 0 aliphatic carbocycles. The Labute approximate surface area is 121 Å². The quantitative estimate of drug-likeness (QED) is 0.910. The minimum atomic E-state index is 0.351. The van der Waals surface area contributed by atoms with E-state index in [0.717, 1.165) is 18.8 Å². The van der Waals surface area contributed by atoms with Gasteiger partial charge in [-0.3, -0.25) is 0 Å². The van der Waals surface area contributed by atoms with Gasteiger partial charge in [-0.25, -0.2) is 0 Å². The topological polar surface area (TPSA) is 42.7 Å². The van der Waals surface area contributed by atoms with Gasteiger partial charge in [0.25, 0.3) is 0 Å². The first-order valence-electron chi connectivity index (χ1n) is 7.13. The summed E-state index contributed by atoms with van der Waals surface area (Å²) in [7, 11) is 1.98. The molecule has 2 aromatic rings. The number of rotatable bonds is 5. The summed E-state index contributed by atoms with van der Waals surface area (Å²) >= 11 is 0. The number of aromatic nitrogens is 3. The van der Waals surface area contributed by atoms with E-state index in [1.54, 1.807) is 6.33 Å². The Kier molecular flexibility index (Phi) is 4.55. The SMILES string of the molecule is Cc1cc(C)c(C(C)NCCc2nncn2C)c(C)c1. The van der Waals surface area contributed by atoms with Crippen molar-refractivity contribution in [3.8, 4) is 0 Å². The third-order valence-electron chi connectivity index (χ3n) is 3.78. The minimum absolute atomic E-state index is 0.351. The Hall–Kier alpha value is -1.68. The zero-order valence-electron chi connectivity index (χ0n) is 13.1. The molecule has 0 radical (unpaired) electrons. The highest BCUT2D eigenvalue weighted by Crippen LogP contribution is 2.23. The highest BCUT2D eigenvalue weighted by molar-refractivity contribution is 5.39. The molecular weight excluding hydrogens is 248 g/mol. The molecule has 1 heterocycles. The molecule has 2 rings (SSSR count). The number of benzene rings is 1. The molecule has 1 N–H and O–H groups in total. The van der Waals surface area contributed by atoms with Crippen LogP contribution in [0.15, 0.2) is 18.5 Å². The molecular formula is C16H24N4. The van der Waals surface area contributed by atoms with Gasteiger partial charge >= 0.3 is 0 Å². The van der Waals surface area contributed by atoms with Crippen LogP contribution in [0.1, 0.15) is 41.0 Å². The van der Waals surface area contributed by atoms with Crippen LogP contribution >= 0.6 is 0 Å². The fraction of sp³-hybridized carbons (Fsp3) is 0.500. The van der Waals surface area contributed by atoms with Crippen LogP contribution in [-0.4, -0.2) is 21.3 Å². The van der Waals surface area contributed by atoms with Crippen LogP contribution in [0.4, 0.5) is 0 Å². The third-order valence-corrected chi connectivity index (χ3v) is 3.78. The van der Waals surface area contributed by atoms with Gasteiger partial charge < -0.3 is 9.88 Å². The highest BCUT2D eigenvalue weighted by Gasteiger charge is 2.11. The van der Waals surface area contributed by atoms with Gasteiger partial charge in [-0.2, -0.15) is 0 Å². The largest absolute Gasteiger partial charge is 0.321 e. The summed E-state index contributed by atoms with van der Waals surface area (Å²) in [5.41, 5.74) is 5.46. The Balaban J connectivity index is 1.99. The van der Waals surface area contributed by atoms with Crippen LogP contribution in [0.25, 0.3) is 0 Å².